The van der Waals surface area contributed by atoms with Crippen LogP contribution in [-0.2, 0) is 4.79 Å². The molecule has 0 aliphatic heterocycles. The average molecular weight is 298 g/mol. The molecule has 1 amide bonds. The second-order valence-electron chi connectivity index (χ2n) is 5.70. The molecule has 0 bridgehead atoms. The lowest BCUT2D eigenvalue weighted by Gasteiger charge is -2.29. The van der Waals surface area contributed by atoms with Crippen LogP contribution < -0.4 is 5.32 Å². The van der Waals surface area contributed by atoms with Crippen molar-refractivity contribution in [2.45, 2.75) is 50.1 Å². The van der Waals surface area contributed by atoms with Crippen LogP contribution in [-0.4, -0.2) is 24.0 Å². The van der Waals surface area contributed by atoms with E-state index in [9.17, 15) is 18.0 Å². The third kappa shape index (κ3) is 4.26. The van der Waals surface area contributed by atoms with Gasteiger partial charge in [0.2, 0.25) is 5.91 Å². The summed E-state index contributed by atoms with van der Waals surface area (Å²) in [7, 11) is 0. The number of rotatable bonds is 4. The molecule has 2 nitrogen and oxygen atoms in total. The summed E-state index contributed by atoms with van der Waals surface area (Å²) in [4.78, 5) is 11.9. The zero-order chi connectivity index (χ0) is 14.0. The number of alkyl halides is 4. The molecule has 0 aromatic heterocycles. The Morgan fingerprint density at radius 3 is 2.53 bits per heavy atom. The Morgan fingerprint density at radius 1 is 1.26 bits per heavy atom. The van der Waals surface area contributed by atoms with Gasteiger partial charge in [-0.05, 0) is 38.0 Å². The van der Waals surface area contributed by atoms with E-state index in [0.29, 0.717) is 25.3 Å². The lowest BCUT2D eigenvalue weighted by atomic mass is 9.80. The highest BCUT2D eigenvalue weighted by Crippen LogP contribution is 2.40. The normalized spacial score (nSPS) is 29.9. The third-order valence-electron chi connectivity index (χ3n) is 4.11. The van der Waals surface area contributed by atoms with Crippen molar-refractivity contribution in [3.8, 4) is 0 Å². The van der Waals surface area contributed by atoms with Gasteiger partial charge in [-0.25, -0.2) is 0 Å². The van der Waals surface area contributed by atoms with Gasteiger partial charge in [0.1, 0.15) is 0 Å². The van der Waals surface area contributed by atoms with E-state index in [-0.39, 0.29) is 24.1 Å². The van der Waals surface area contributed by atoms with Crippen LogP contribution in [0.1, 0.15) is 38.5 Å². The fourth-order valence-corrected chi connectivity index (χ4v) is 3.02. The van der Waals surface area contributed by atoms with Crippen molar-refractivity contribution in [1.82, 2.24) is 5.32 Å². The quantitative estimate of drug-likeness (QED) is 0.791. The molecule has 0 aromatic rings. The van der Waals surface area contributed by atoms with E-state index in [2.05, 4.69) is 5.32 Å². The molecule has 110 valence electrons. The minimum Gasteiger partial charge on any atom is -0.354 e. The monoisotopic (exact) mass is 297 g/mol. The number of hydrogen-bond donors (Lipinski definition) is 1. The summed E-state index contributed by atoms with van der Waals surface area (Å²) in [6.07, 6.45) is -0.918. The van der Waals surface area contributed by atoms with Crippen LogP contribution >= 0.6 is 11.6 Å². The van der Waals surface area contributed by atoms with E-state index in [1.165, 1.54) is 0 Å². The maximum atomic E-state index is 12.7. The number of nitrogens with one attached hydrogen (secondary N) is 1. The predicted octanol–water partition coefficient (Wildman–Crippen LogP) is 3.49. The van der Waals surface area contributed by atoms with Crippen LogP contribution in [0.5, 0.6) is 0 Å². The van der Waals surface area contributed by atoms with Gasteiger partial charge in [0.15, 0.2) is 0 Å². The first-order chi connectivity index (χ1) is 8.88. The number of amides is 1. The highest BCUT2D eigenvalue weighted by atomic mass is 35.5. The first-order valence-corrected chi connectivity index (χ1v) is 7.30. The fourth-order valence-electron chi connectivity index (χ4n) is 2.69. The van der Waals surface area contributed by atoms with Crippen molar-refractivity contribution >= 4 is 17.5 Å². The van der Waals surface area contributed by atoms with E-state index in [1.54, 1.807) is 0 Å². The number of hydrogen-bond acceptors (Lipinski definition) is 1. The molecular weight excluding hydrogens is 279 g/mol. The van der Waals surface area contributed by atoms with Crippen molar-refractivity contribution in [2.24, 2.45) is 17.8 Å². The summed E-state index contributed by atoms with van der Waals surface area (Å²) < 4.78 is 38.0. The molecule has 1 N–H and O–H groups in total. The number of carbonyl (C=O) groups excluding carboxylic acids is 1. The first kappa shape index (κ1) is 14.9. The lowest BCUT2D eigenvalue weighted by molar-refractivity contribution is -0.186. The topological polar surface area (TPSA) is 29.1 Å². The Balaban J connectivity index is 1.78. The Morgan fingerprint density at radius 2 is 1.95 bits per heavy atom. The maximum absolute atomic E-state index is 12.7. The van der Waals surface area contributed by atoms with Crippen LogP contribution in [0.15, 0.2) is 0 Å². The van der Waals surface area contributed by atoms with E-state index in [0.717, 1.165) is 12.8 Å². The SMILES string of the molecule is O=C(NCC(Cl)C1CC1)C1CCCC(C(F)(F)F)C1. The zero-order valence-electron chi connectivity index (χ0n) is 10.7. The highest BCUT2D eigenvalue weighted by Gasteiger charge is 2.43. The van der Waals surface area contributed by atoms with Crippen LogP contribution in [0.4, 0.5) is 13.2 Å². The molecule has 2 fully saturated rings. The Kier molecular flexibility index (Phi) is 4.64. The fraction of sp³-hybridized carbons (Fsp3) is 0.923. The van der Waals surface area contributed by atoms with Crippen LogP contribution in [0.2, 0.25) is 0 Å². The average Bonchev–Trinajstić information content (AvgIpc) is 3.19. The Hall–Kier alpha value is -0.450. The maximum Gasteiger partial charge on any atom is 0.391 e. The van der Waals surface area contributed by atoms with Crippen LogP contribution in [0.3, 0.4) is 0 Å². The smallest absolute Gasteiger partial charge is 0.354 e. The van der Waals surface area contributed by atoms with Gasteiger partial charge in [0.25, 0.3) is 0 Å². The highest BCUT2D eigenvalue weighted by molar-refractivity contribution is 6.21. The van der Waals surface area contributed by atoms with Crippen molar-refractivity contribution in [3.63, 3.8) is 0 Å². The third-order valence-corrected chi connectivity index (χ3v) is 4.62. The zero-order valence-corrected chi connectivity index (χ0v) is 11.4. The predicted molar refractivity (Wildman–Crippen MR) is 66.9 cm³/mol. The summed E-state index contributed by atoms with van der Waals surface area (Å²) in [5.41, 5.74) is 0. The molecule has 2 rings (SSSR count). The van der Waals surface area contributed by atoms with Gasteiger partial charge in [-0.1, -0.05) is 6.42 Å². The van der Waals surface area contributed by atoms with E-state index < -0.39 is 18.0 Å². The van der Waals surface area contributed by atoms with Crippen LogP contribution in [0, 0.1) is 17.8 Å². The van der Waals surface area contributed by atoms with Gasteiger partial charge in [-0.15, -0.1) is 11.6 Å². The molecule has 0 radical (unpaired) electrons. The molecule has 0 saturated heterocycles. The molecule has 2 saturated carbocycles. The summed E-state index contributed by atoms with van der Waals surface area (Å²) in [5.74, 6) is -1.63. The molecule has 0 spiro atoms. The van der Waals surface area contributed by atoms with E-state index in [1.807, 2.05) is 0 Å². The second-order valence-corrected chi connectivity index (χ2v) is 6.26. The van der Waals surface area contributed by atoms with E-state index >= 15 is 0 Å². The van der Waals surface area contributed by atoms with Gasteiger partial charge in [-0.2, -0.15) is 13.2 Å². The minimum atomic E-state index is -4.18. The van der Waals surface area contributed by atoms with Crippen molar-refractivity contribution in [2.75, 3.05) is 6.54 Å². The molecule has 0 aromatic carbocycles. The van der Waals surface area contributed by atoms with Gasteiger partial charge in [0.05, 0.1) is 11.3 Å². The first-order valence-electron chi connectivity index (χ1n) is 6.86. The summed E-state index contributed by atoms with van der Waals surface area (Å²) >= 11 is 6.07. The number of halogens is 4. The molecule has 19 heavy (non-hydrogen) atoms. The largest absolute Gasteiger partial charge is 0.391 e. The minimum absolute atomic E-state index is 0.0777. The van der Waals surface area contributed by atoms with Crippen molar-refractivity contribution in [3.05, 3.63) is 0 Å². The number of carbonyl (C=O) groups is 1. The van der Waals surface area contributed by atoms with Crippen molar-refractivity contribution in [1.29, 1.82) is 0 Å². The molecule has 6 heteroatoms. The molecule has 3 unspecified atom stereocenters. The summed E-state index contributed by atoms with van der Waals surface area (Å²) in [6, 6.07) is 0. The molecule has 2 aliphatic rings. The van der Waals surface area contributed by atoms with Gasteiger partial charge >= 0.3 is 6.18 Å². The molecule has 3 atom stereocenters. The second kappa shape index (κ2) is 5.90. The Labute approximate surface area is 116 Å². The van der Waals surface area contributed by atoms with Gasteiger partial charge < -0.3 is 5.32 Å². The molecular formula is C13H19ClF3NO. The standard InChI is InChI=1S/C13H19ClF3NO/c14-11(8-4-5-8)7-18-12(19)9-2-1-3-10(6-9)13(15,16)17/h8-11H,1-7H2,(H,18,19). The molecule has 0 heterocycles. The van der Waals surface area contributed by atoms with Crippen LogP contribution in [0.25, 0.3) is 0 Å². The van der Waals surface area contributed by atoms with E-state index in [4.69, 9.17) is 11.6 Å². The summed E-state index contributed by atoms with van der Waals surface area (Å²) in [6.45, 7) is 0.373. The Bertz CT molecular complexity index is 330. The summed E-state index contributed by atoms with van der Waals surface area (Å²) in [5, 5.41) is 2.63. The van der Waals surface area contributed by atoms with Gasteiger partial charge in [-0.3, -0.25) is 4.79 Å². The van der Waals surface area contributed by atoms with Gasteiger partial charge in [0, 0.05) is 12.5 Å². The molecule has 2 aliphatic carbocycles. The lowest BCUT2D eigenvalue weighted by Crippen LogP contribution is -2.39. The van der Waals surface area contributed by atoms with Crippen molar-refractivity contribution < 1.29 is 18.0 Å².